The third-order valence-corrected chi connectivity index (χ3v) is 4.14. The van der Waals surface area contributed by atoms with Crippen molar-refractivity contribution in [3.63, 3.8) is 0 Å². The SMILES string of the molecule is CCCOc1cc(SCCN(CC)CC)c(N)cc1F. The molecule has 2 N–H and O–H groups in total. The molecular weight excluding hydrogens is 275 g/mol. The van der Waals surface area contributed by atoms with E-state index < -0.39 is 0 Å². The molecule has 0 spiro atoms. The van der Waals surface area contributed by atoms with Crippen LogP contribution < -0.4 is 10.5 Å². The highest BCUT2D eigenvalue weighted by molar-refractivity contribution is 7.99. The fourth-order valence-electron chi connectivity index (χ4n) is 1.82. The minimum Gasteiger partial charge on any atom is -0.490 e. The molecule has 0 atom stereocenters. The fourth-order valence-corrected chi connectivity index (χ4v) is 2.81. The maximum atomic E-state index is 13.7. The van der Waals surface area contributed by atoms with Crippen LogP contribution in [0.15, 0.2) is 17.0 Å². The van der Waals surface area contributed by atoms with Gasteiger partial charge < -0.3 is 15.4 Å². The van der Waals surface area contributed by atoms with E-state index in [-0.39, 0.29) is 5.82 Å². The Bertz CT molecular complexity index is 411. The highest BCUT2D eigenvalue weighted by atomic mass is 32.2. The molecule has 3 nitrogen and oxygen atoms in total. The van der Waals surface area contributed by atoms with E-state index in [2.05, 4.69) is 18.7 Å². The van der Waals surface area contributed by atoms with Gasteiger partial charge in [0.15, 0.2) is 11.6 Å². The lowest BCUT2D eigenvalue weighted by molar-refractivity contribution is 0.300. The summed E-state index contributed by atoms with van der Waals surface area (Å²) >= 11 is 1.65. The van der Waals surface area contributed by atoms with E-state index >= 15 is 0 Å². The zero-order chi connectivity index (χ0) is 15.0. The first kappa shape index (κ1) is 17.1. The first-order chi connectivity index (χ1) is 9.62. The Balaban J connectivity index is 2.64. The number of hydrogen-bond donors (Lipinski definition) is 1. The minimum atomic E-state index is -0.385. The lowest BCUT2D eigenvalue weighted by Crippen LogP contribution is -2.25. The number of rotatable bonds is 9. The van der Waals surface area contributed by atoms with Gasteiger partial charge in [0.1, 0.15) is 0 Å². The molecule has 0 heterocycles. The number of halogens is 1. The third kappa shape index (κ3) is 5.21. The predicted molar refractivity (Wildman–Crippen MR) is 85.1 cm³/mol. The first-order valence-electron chi connectivity index (χ1n) is 7.19. The Morgan fingerprint density at radius 1 is 1.25 bits per heavy atom. The zero-order valence-corrected chi connectivity index (χ0v) is 13.4. The molecule has 20 heavy (non-hydrogen) atoms. The van der Waals surface area contributed by atoms with Crippen LogP contribution >= 0.6 is 11.8 Å². The maximum absolute atomic E-state index is 13.7. The number of ether oxygens (including phenoxy) is 1. The highest BCUT2D eigenvalue weighted by Gasteiger charge is 2.10. The quantitative estimate of drug-likeness (QED) is 0.558. The Labute approximate surface area is 125 Å². The molecule has 0 saturated heterocycles. The number of anilines is 1. The van der Waals surface area contributed by atoms with Crippen molar-refractivity contribution in [2.45, 2.75) is 32.1 Å². The van der Waals surface area contributed by atoms with Crippen LogP contribution in [0.25, 0.3) is 0 Å². The van der Waals surface area contributed by atoms with E-state index in [9.17, 15) is 4.39 Å². The minimum absolute atomic E-state index is 0.298. The monoisotopic (exact) mass is 300 g/mol. The van der Waals surface area contributed by atoms with Gasteiger partial charge in [0.25, 0.3) is 0 Å². The zero-order valence-electron chi connectivity index (χ0n) is 12.6. The summed E-state index contributed by atoms with van der Waals surface area (Å²) in [5.74, 6) is 0.848. The van der Waals surface area contributed by atoms with Crippen LogP contribution in [0.4, 0.5) is 10.1 Å². The predicted octanol–water partition coefficient (Wildman–Crippen LogP) is 3.63. The van der Waals surface area contributed by atoms with Gasteiger partial charge in [0, 0.05) is 28.9 Å². The van der Waals surface area contributed by atoms with E-state index in [0.29, 0.717) is 18.0 Å². The van der Waals surface area contributed by atoms with Gasteiger partial charge in [-0.1, -0.05) is 20.8 Å². The van der Waals surface area contributed by atoms with E-state index in [0.717, 1.165) is 36.7 Å². The Morgan fingerprint density at radius 3 is 2.55 bits per heavy atom. The molecule has 0 fully saturated rings. The molecule has 1 aromatic rings. The molecule has 0 bridgehead atoms. The van der Waals surface area contributed by atoms with Crippen LogP contribution in [-0.2, 0) is 0 Å². The van der Waals surface area contributed by atoms with Gasteiger partial charge in [0.05, 0.1) is 6.61 Å². The van der Waals surface area contributed by atoms with E-state index in [1.54, 1.807) is 17.8 Å². The first-order valence-corrected chi connectivity index (χ1v) is 8.17. The van der Waals surface area contributed by atoms with Crippen molar-refractivity contribution in [2.75, 3.05) is 37.7 Å². The lowest BCUT2D eigenvalue weighted by atomic mass is 10.3. The molecule has 0 aliphatic heterocycles. The highest BCUT2D eigenvalue weighted by Crippen LogP contribution is 2.31. The second-order valence-electron chi connectivity index (χ2n) is 4.54. The van der Waals surface area contributed by atoms with Crippen molar-refractivity contribution in [3.8, 4) is 5.75 Å². The largest absolute Gasteiger partial charge is 0.490 e. The lowest BCUT2D eigenvalue weighted by Gasteiger charge is -2.18. The van der Waals surface area contributed by atoms with Crippen LogP contribution in [0, 0.1) is 5.82 Å². The van der Waals surface area contributed by atoms with Gasteiger partial charge in [-0.25, -0.2) is 4.39 Å². The van der Waals surface area contributed by atoms with Gasteiger partial charge in [-0.15, -0.1) is 11.8 Å². The van der Waals surface area contributed by atoms with Crippen LogP contribution in [-0.4, -0.2) is 36.9 Å². The van der Waals surface area contributed by atoms with E-state index in [4.69, 9.17) is 10.5 Å². The van der Waals surface area contributed by atoms with E-state index in [1.165, 1.54) is 6.07 Å². The molecule has 1 rings (SSSR count). The van der Waals surface area contributed by atoms with Crippen molar-refractivity contribution < 1.29 is 9.13 Å². The molecule has 0 aliphatic rings. The van der Waals surface area contributed by atoms with Gasteiger partial charge in [-0.2, -0.15) is 0 Å². The topological polar surface area (TPSA) is 38.5 Å². The number of nitrogens with two attached hydrogens (primary N) is 1. The second-order valence-corrected chi connectivity index (χ2v) is 5.68. The molecule has 0 aliphatic carbocycles. The Hall–Kier alpha value is -0.940. The summed E-state index contributed by atoms with van der Waals surface area (Å²) in [5, 5.41) is 0. The summed E-state index contributed by atoms with van der Waals surface area (Å²) in [7, 11) is 0. The van der Waals surface area contributed by atoms with Crippen LogP contribution in [0.5, 0.6) is 5.75 Å². The van der Waals surface area contributed by atoms with Gasteiger partial charge in [0.2, 0.25) is 0 Å². The molecule has 0 unspecified atom stereocenters. The third-order valence-electron chi connectivity index (χ3n) is 3.09. The van der Waals surface area contributed by atoms with Crippen molar-refractivity contribution in [3.05, 3.63) is 17.9 Å². The second kappa shape index (κ2) is 9.08. The summed E-state index contributed by atoms with van der Waals surface area (Å²) in [5.41, 5.74) is 6.35. The van der Waals surface area contributed by atoms with Gasteiger partial charge in [-0.3, -0.25) is 0 Å². The smallest absolute Gasteiger partial charge is 0.167 e. The normalized spacial score (nSPS) is 11.1. The van der Waals surface area contributed by atoms with Gasteiger partial charge in [-0.05, 0) is 25.6 Å². The summed E-state index contributed by atoms with van der Waals surface area (Å²) in [6.45, 7) is 9.90. The van der Waals surface area contributed by atoms with Crippen molar-refractivity contribution in [2.24, 2.45) is 0 Å². The Kier molecular flexibility index (Phi) is 7.77. The summed E-state index contributed by atoms with van der Waals surface area (Å²) in [6, 6.07) is 3.07. The van der Waals surface area contributed by atoms with Crippen molar-refractivity contribution >= 4 is 17.4 Å². The van der Waals surface area contributed by atoms with Crippen LogP contribution in [0.1, 0.15) is 27.2 Å². The number of nitrogen functional groups attached to an aromatic ring is 1. The molecule has 114 valence electrons. The number of thioether (sulfide) groups is 1. The van der Waals surface area contributed by atoms with Crippen molar-refractivity contribution in [1.29, 1.82) is 0 Å². The molecule has 0 saturated carbocycles. The Morgan fingerprint density at radius 2 is 1.95 bits per heavy atom. The molecule has 0 amide bonds. The molecule has 0 aromatic heterocycles. The van der Waals surface area contributed by atoms with Crippen molar-refractivity contribution in [1.82, 2.24) is 4.90 Å². The molecule has 5 heteroatoms. The fraction of sp³-hybridized carbons (Fsp3) is 0.600. The summed E-state index contributed by atoms with van der Waals surface area (Å²) in [6.07, 6.45) is 0.855. The average molecular weight is 300 g/mol. The maximum Gasteiger partial charge on any atom is 0.167 e. The number of benzene rings is 1. The number of hydrogen-bond acceptors (Lipinski definition) is 4. The van der Waals surface area contributed by atoms with Gasteiger partial charge >= 0.3 is 0 Å². The number of nitrogens with zero attached hydrogens (tertiary/aromatic N) is 1. The average Bonchev–Trinajstić information content (AvgIpc) is 2.44. The standard InChI is InChI=1S/C15H25FN2OS/c1-4-8-19-14-11-15(13(17)10-12(14)16)20-9-7-18(5-2)6-3/h10-11H,4-9,17H2,1-3H3. The molecule has 1 aromatic carbocycles. The summed E-state index contributed by atoms with van der Waals surface area (Å²) in [4.78, 5) is 3.24. The summed E-state index contributed by atoms with van der Waals surface area (Å²) < 4.78 is 19.1. The van der Waals surface area contributed by atoms with E-state index in [1.807, 2.05) is 6.92 Å². The van der Waals surface area contributed by atoms with Crippen LogP contribution in [0.3, 0.4) is 0 Å². The molecular formula is C15H25FN2OS. The molecule has 0 radical (unpaired) electrons. The van der Waals surface area contributed by atoms with Crippen LogP contribution in [0.2, 0.25) is 0 Å².